The zero-order valence-electron chi connectivity index (χ0n) is 18.2. The molecule has 1 aromatic heterocycles. The molecule has 1 aliphatic carbocycles. The highest BCUT2D eigenvalue weighted by Gasteiger charge is 2.25. The Balaban J connectivity index is 1.42. The van der Waals surface area contributed by atoms with E-state index < -0.39 is 5.82 Å². The van der Waals surface area contributed by atoms with E-state index >= 15 is 0 Å². The average molecular weight is 460 g/mol. The summed E-state index contributed by atoms with van der Waals surface area (Å²) in [5.41, 5.74) is 2.33. The van der Waals surface area contributed by atoms with E-state index in [0.717, 1.165) is 24.8 Å². The van der Waals surface area contributed by atoms with E-state index in [1.807, 2.05) is 0 Å². The Bertz CT molecular complexity index is 1300. The van der Waals surface area contributed by atoms with Crippen LogP contribution in [0.2, 0.25) is 0 Å². The van der Waals surface area contributed by atoms with E-state index in [-0.39, 0.29) is 41.6 Å². The molecule has 8 heteroatoms. The van der Waals surface area contributed by atoms with E-state index in [0.29, 0.717) is 11.4 Å². The summed E-state index contributed by atoms with van der Waals surface area (Å²) in [6, 6.07) is 19.4. The maximum atomic E-state index is 14.6. The van der Waals surface area contributed by atoms with Crippen LogP contribution < -0.4 is 10.1 Å². The summed E-state index contributed by atoms with van der Waals surface area (Å²) >= 11 is 0. The third kappa shape index (κ3) is 4.66. The molecule has 1 heterocycles. The van der Waals surface area contributed by atoms with E-state index in [1.54, 1.807) is 54.6 Å². The number of halogens is 2. The lowest BCUT2D eigenvalue weighted by molar-refractivity contribution is -0.122. The van der Waals surface area contributed by atoms with Gasteiger partial charge in [-0.15, -0.1) is 5.10 Å². The number of carbonyl (C=O) groups excluding carboxylic acids is 1. The van der Waals surface area contributed by atoms with Gasteiger partial charge in [0.2, 0.25) is 5.91 Å². The van der Waals surface area contributed by atoms with Crippen molar-refractivity contribution in [3.8, 4) is 23.1 Å². The van der Waals surface area contributed by atoms with E-state index in [9.17, 15) is 13.6 Å². The van der Waals surface area contributed by atoms with Crippen molar-refractivity contribution in [3.05, 3.63) is 90.0 Å². The number of hydrogen-bond donors (Lipinski definition) is 1. The Morgan fingerprint density at radius 1 is 1.00 bits per heavy atom. The topological polar surface area (TPSA) is 69.0 Å². The SMILES string of the molecule is O=C(Nc1ccc(-n2nc(OCc3ccc(F)cc3)nc2-c2ccccc2F)cc1)C1CCC1. The second-order valence-electron chi connectivity index (χ2n) is 8.19. The molecule has 1 amide bonds. The molecule has 6 nitrogen and oxygen atoms in total. The number of hydrogen-bond acceptors (Lipinski definition) is 4. The fourth-order valence-corrected chi connectivity index (χ4v) is 3.68. The normalized spacial score (nSPS) is 13.4. The van der Waals surface area contributed by atoms with Gasteiger partial charge in [0.05, 0.1) is 11.3 Å². The number of nitrogens with one attached hydrogen (secondary N) is 1. The summed E-state index contributed by atoms with van der Waals surface area (Å²) in [5, 5.41) is 7.36. The Hall–Kier alpha value is -4.07. The van der Waals surface area contributed by atoms with Gasteiger partial charge in [-0.3, -0.25) is 4.79 Å². The van der Waals surface area contributed by atoms with Crippen LogP contribution in [0.4, 0.5) is 14.5 Å². The van der Waals surface area contributed by atoms with Crippen molar-refractivity contribution in [1.29, 1.82) is 0 Å². The number of aromatic nitrogens is 3. The fourth-order valence-electron chi connectivity index (χ4n) is 3.68. The van der Waals surface area contributed by atoms with Gasteiger partial charge in [-0.2, -0.15) is 4.98 Å². The molecule has 0 radical (unpaired) electrons. The average Bonchev–Trinajstić information content (AvgIpc) is 3.22. The number of nitrogens with zero attached hydrogens (tertiary/aromatic N) is 3. The molecule has 1 fully saturated rings. The van der Waals surface area contributed by atoms with Crippen LogP contribution in [-0.4, -0.2) is 20.7 Å². The first-order valence-electron chi connectivity index (χ1n) is 11.1. The molecule has 0 bridgehead atoms. The van der Waals surface area contributed by atoms with Crippen molar-refractivity contribution in [3.63, 3.8) is 0 Å². The Kier molecular flexibility index (Phi) is 6.03. The van der Waals surface area contributed by atoms with Gasteiger partial charge in [-0.1, -0.05) is 30.7 Å². The number of carbonyl (C=O) groups is 1. The van der Waals surface area contributed by atoms with Gasteiger partial charge in [-0.25, -0.2) is 13.5 Å². The summed E-state index contributed by atoms with van der Waals surface area (Å²) in [5.74, 6) is -0.379. The molecule has 0 saturated heterocycles. The van der Waals surface area contributed by atoms with Gasteiger partial charge in [0.1, 0.15) is 18.2 Å². The second-order valence-corrected chi connectivity index (χ2v) is 8.19. The van der Waals surface area contributed by atoms with E-state index in [1.165, 1.54) is 22.9 Å². The summed E-state index contributed by atoms with van der Waals surface area (Å²) in [4.78, 5) is 16.6. The van der Waals surface area contributed by atoms with Gasteiger partial charge in [0.15, 0.2) is 5.82 Å². The first kappa shape index (κ1) is 21.8. The van der Waals surface area contributed by atoms with Crippen molar-refractivity contribution >= 4 is 11.6 Å². The van der Waals surface area contributed by atoms with Crippen LogP contribution in [0.5, 0.6) is 6.01 Å². The van der Waals surface area contributed by atoms with Crippen molar-refractivity contribution in [2.75, 3.05) is 5.32 Å². The molecule has 34 heavy (non-hydrogen) atoms. The van der Waals surface area contributed by atoms with Crippen molar-refractivity contribution in [2.45, 2.75) is 25.9 Å². The van der Waals surface area contributed by atoms with Crippen molar-refractivity contribution in [2.24, 2.45) is 5.92 Å². The number of anilines is 1. The molecule has 3 aromatic carbocycles. The lowest BCUT2D eigenvalue weighted by atomic mass is 9.85. The number of ether oxygens (including phenoxy) is 1. The Morgan fingerprint density at radius 3 is 2.41 bits per heavy atom. The van der Waals surface area contributed by atoms with Gasteiger partial charge in [0, 0.05) is 11.6 Å². The zero-order chi connectivity index (χ0) is 23.5. The first-order chi connectivity index (χ1) is 16.6. The van der Waals surface area contributed by atoms with Gasteiger partial charge >= 0.3 is 6.01 Å². The molecule has 0 atom stereocenters. The predicted molar refractivity (Wildman–Crippen MR) is 123 cm³/mol. The molecule has 172 valence electrons. The molecule has 1 saturated carbocycles. The van der Waals surface area contributed by atoms with Crippen LogP contribution in [0.3, 0.4) is 0 Å². The van der Waals surface area contributed by atoms with Gasteiger partial charge in [-0.05, 0) is 66.9 Å². The summed E-state index contributed by atoms with van der Waals surface area (Å²) < 4.78 is 34.9. The Labute approximate surface area is 195 Å². The highest BCUT2D eigenvalue weighted by molar-refractivity contribution is 5.93. The van der Waals surface area contributed by atoms with Gasteiger partial charge < -0.3 is 10.1 Å². The smallest absolute Gasteiger partial charge is 0.336 e. The lowest BCUT2D eigenvalue weighted by Crippen LogP contribution is -2.27. The van der Waals surface area contributed by atoms with Gasteiger partial charge in [0.25, 0.3) is 0 Å². The van der Waals surface area contributed by atoms with E-state index in [2.05, 4.69) is 15.4 Å². The summed E-state index contributed by atoms with van der Waals surface area (Å²) in [6.07, 6.45) is 2.94. The molecular formula is C26H22F2N4O2. The number of rotatable bonds is 7. The minimum absolute atomic E-state index is 0.0308. The predicted octanol–water partition coefficient (Wildman–Crippen LogP) is 5.53. The Morgan fingerprint density at radius 2 is 1.74 bits per heavy atom. The molecule has 0 unspecified atom stereocenters. The lowest BCUT2D eigenvalue weighted by Gasteiger charge is -2.24. The molecule has 4 aromatic rings. The minimum atomic E-state index is -0.439. The second kappa shape index (κ2) is 9.43. The zero-order valence-corrected chi connectivity index (χ0v) is 18.2. The highest BCUT2D eigenvalue weighted by Crippen LogP contribution is 2.29. The number of amides is 1. The molecule has 5 rings (SSSR count). The third-order valence-electron chi connectivity index (χ3n) is 5.84. The minimum Gasteiger partial charge on any atom is -0.457 e. The van der Waals surface area contributed by atoms with Crippen LogP contribution >= 0.6 is 0 Å². The molecule has 1 N–H and O–H groups in total. The van der Waals surface area contributed by atoms with Crippen LogP contribution in [0.25, 0.3) is 17.1 Å². The largest absolute Gasteiger partial charge is 0.457 e. The van der Waals surface area contributed by atoms with Crippen LogP contribution in [-0.2, 0) is 11.4 Å². The van der Waals surface area contributed by atoms with Crippen LogP contribution in [0.1, 0.15) is 24.8 Å². The summed E-state index contributed by atoms with van der Waals surface area (Å²) in [6.45, 7) is 0.132. The molecule has 0 spiro atoms. The standard InChI is InChI=1S/C26H22F2N4O2/c27-19-10-8-17(9-11-19)16-34-26-30-24(22-6-1-2-7-23(22)28)32(31-26)21-14-12-20(13-15-21)29-25(33)18-4-3-5-18/h1-2,6-15,18H,3-5,16H2,(H,29,33). The van der Waals surface area contributed by atoms with Crippen LogP contribution in [0.15, 0.2) is 72.8 Å². The molecule has 1 aliphatic rings. The third-order valence-corrected chi connectivity index (χ3v) is 5.84. The quantitative estimate of drug-likeness (QED) is 0.394. The molecule has 0 aliphatic heterocycles. The molecular weight excluding hydrogens is 438 g/mol. The maximum Gasteiger partial charge on any atom is 0.336 e. The monoisotopic (exact) mass is 460 g/mol. The van der Waals surface area contributed by atoms with Crippen LogP contribution in [0, 0.1) is 17.6 Å². The fraction of sp³-hybridized carbons (Fsp3) is 0.192. The maximum absolute atomic E-state index is 14.6. The number of benzene rings is 3. The van der Waals surface area contributed by atoms with E-state index in [4.69, 9.17) is 4.74 Å². The van der Waals surface area contributed by atoms with Crippen molar-refractivity contribution in [1.82, 2.24) is 14.8 Å². The first-order valence-corrected chi connectivity index (χ1v) is 11.1. The highest BCUT2D eigenvalue weighted by atomic mass is 19.1. The van der Waals surface area contributed by atoms with Crippen molar-refractivity contribution < 1.29 is 18.3 Å². The summed E-state index contributed by atoms with van der Waals surface area (Å²) in [7, 11) is 0.